The van der Waals surface area contributed by atoms with Crippen LogP contribution in [0.3, 0.4) is 0 Å². The Hall–Kier alpha value is -1.56. The molecular weight excluding hydrogens is 360 g/mol. The quantitative estimate of drug-likeness (QED) is 0.842. The standard InChI is InChI=1S/C21H32N2O3S/c1-14(15-7-9-17(10-8-15)27(6,25)26)23(5)19(24)22-18-13-16-11-12-21(18,4)20(16,2)3/h7-10,14,16,18H,11-13H2,1-6H3,(H,22,24)/t14-,16+,18+,21+/m0/s1. The number of fused-ring (bicyclic) bond motifs is 2. The van der Waals surface area contributed by atoms with E-state index in [4.69, 9.17) is 0 Å². The van der Waals surface area contributed by atoms with Crippen LogP contribution in [0.5, 0.6) is 0 Å². The van der Waals surface area contributed by atoms with E-state index in [1.807, 2.05) is 6.92 Å². The second-order valence-electron chi connectivity index (χ2n) is 9.24. The lowest BCUT2D eigenvalue weighted by Gasteiger charge is -2.40. The van der Waals surface area contributed by atoms with Gasteiger partial charge in [-0.1, -0.05) is 32.9 Å². The Morgan fingerprint density at radius 3 is 2.26 bits per heavy atom. The third-order valence-electron chi connectivity index (χ3n) is 7.78. The monoisotopic (exact) mass is 392 g/mol. The predicted octanol–water partition coefficient (Wildman–Crippen LogP) is 4.01. The van der Waals surface area contributed by atoms with Gasteiger partial charge in [-0.15, -0.1) is 0 Å². The largest absolute Gasteiger partial charge is 0.335 e. The Morgan fingerprint density at radius 1 is 1.22 bits per heavy atom. The van der Waals surface area contributed by atoms with E-state index < -0.39 is 9.84 Å². The lowest BCUT2D eigenvalue weighted by molar-refractivity contribution is 0.117. The first kappa shape index (κ1) is 20.2. The summed E-state index contributed by atoms with van der Waals surface area (Å²) >= 11 is 0. The number of nitrogens with zero attached hydrogens (tertiary/aromatic N) is 1. The van der Waals surface area contributed by atoms with Crippen LogP contribution in [0.1, 0.15) is 58.6 Å². The maximum absolute atomic E-state index is 12.9. The topological polar surface area (TPSA) is 66.5 Å². The van der Waals surface area contributed by atoms with Crippen LogP contribution in [0, 0.1) is 16.7 Å². The van der Waals surface area contributed by atoms with Gasteiger partial charge >= 0.3 is 6.03 Å². The lowest BCUT2D eigenvalue weighted by Crippen LogP contribution is -2.50. The molecule has 0 radical (unpaired) electrons. The van der Waals surface area contributed by atoms with Gasteiger partial charge in [0.25, 0.3) is 0 Å². The number of rotatable bonds is 4. The summed E-state index contributed by atoms with van der Waals surface area (Å²) in [7, 11) is -1.42. The minimum Gasteiger partial charge on any atom is -0.335 e. The van der Waals surface area contributed by atoms with E-state index in [1.54, 1.807) is 36.2 Å². The maximum atomic E-state index is 12.9. The molecule has 2 bridgehead atoms. The molecule has 2 aliphatic rings. The van der Waals surface area contributed by atoms with Crippen molar-refractivity contribution in [3.8, 4) is 0 Å². The van der Waals surface area contributed by atoms with Crippen LogP contribution in [-0.4, -0.2) is 38.7 Å². The molecule has 2 fully saturated rings. The number of hydrogen-bond donors (Lipinski definition) is 1. The van der Waals surface area contributed by atoms with E-state index in [9.17, 15) is 13.2 Å². The van der Waals surface area contributed by atoms with Crippen LogP contribution in [0.15, 0.2) is 29.2 Å². The zero-order valence-corrected chi connectivity index (χ0v) is 18.1. The summed E-state index contributed by atoms with van der Waals surface area (Å²) in [5.74, 6) is 0.680. The van der Waals surface area contributed by atoms with E-state index in [-0.39, 0.29) is 28.9 Å². The molecule has 3 rings (SSSR count). The summed E-state index contributed by atoms with van der Waals surface area (Å²) in [6.45, 7) is 8.96. The number of carbonyl (C=O) groups is 1. The summed E-state index contributed by atoms with van der Waals surface area (Å²) in [4.78, 5) is 14.9. The average molecular weight is 393 g/mol. The summed E-state index contributed by atoms with van der Waals surface area (Å²) in [6.07, 6.45) is 4.68. The molecular formula is C21H32N2O3S. The Balaban J connectivity index is 1.69. The van der Waals surface area contributed by atoms with Gasteiger partial charge in [-0.05, 0) is 60.6 Å². The van der Waals surface area contributed by atoms with Gasteiger partial charge in [0.05, 0.1) is 10.9 Å². The lowest BCUT2D eigenvalue weighted by atomic mass is 9.69. The van der Waals surface area contributed by atoms with Crippen molar-refractivity contribution in [1.29, 1.82) is 0 Å². The van der Waals surface area contributed by atoms with Crippen molar-refractivity contribution in [2.45, 2.75) is 63.9 Å². The van der Waals surface area contributed by atoms with Gasteiger partial charge < -0.3 is 10.2 Å². The first-order chi connectivity index (χ1) is 12.4. The maximum Gasteiger partial charge on any atom is 0.317 e. The molecule has 1 N–H and O–H groups in total. The highest BCUT2D eigenvalue weighted by Gasteiger charge is 2.61. The summed E-state index contributed by atoms with van der Waals surface area (Å²) < 4.78 is 23.2. The van der Waals surface area contributed by atoms with Crippen LogP contribution >= 0.6 is 0 Å². The number of carbonyl (C=O) groups excluding carboxylic acids is 1. The Kier molecular flexibility index (Phi) is 4.86. The molecule has 0 aromatic heterocycles. The van der Waals surface area contributed by atoms with Gasteiger partial charge in [0, 0.05) is 19.3 Å². The molecule has 0 unspecified atom stereocenters. The number of benzene rings is 1. The molecule has 0 heterocycles. The van der Waals surface area contributed by atoms with Crippen LogP contribution in [-0.2, 0) is 9.84 Å². The minimum absolute atomic E-state index is 0.0655. The van der Waals surface area contributed by atoms with Gasteiger partial charge in [0.15, 0.2) is 9.84 Å². The highest BCUT2D eigenvalue weighted by molar-refractivity contribution is 7.90. The zero-order valence-electron chi connectivity index (χ0n) is 17.2. The average Bonchev–Trinajstić information content (AvgIpc) is 2.93. The van der Waals surface area contributed by atoms with E-state index >= 15 is 0 Å². The minimum atomic E-state index is -3.21. The Bertz CT molecular complexity index is 831. The van der Waals surface area contributed by atoms with Crippen LogP contribution in [0.2, 0.25) is 0 Å². The third kappa shape index (κ3) is 3.26. The summed E-state index contributed by atoms with van der Waals surface area (Å²) in [5.41, 5.74) is 1.32. The molecule has 27 heavy (non-hydrogen) atoms. The van der Waals surface area contributed by atoms with E-state index in [1.165, 1.54) is 19.1 Å². The molecule has 2 aliphatic carbocycles. The second kappa shape index (κ2) is 6.50. The highest BCUT2D eigenvalue weighted by atomic mass is 32.2. The van der Waals surface area contributed by atoms with Crippen molar-refractivity contribution in [3.63, 3.8) is 0 Å². The normalized spacial score (nSPS) is 30.1. The number of sulfone groups is 1. The van der Waals surface area contributed by atoms with Crippen molar-refractivity contribution in [2.75, 3.05) is 13.3 Å². The highest BCUT2D eigenvalue weighted by Crippen LogP contribution is 2.65. The van der Waals surface area contributed by atoms with Crippen molar-refractivity contribution in [1.82, 2.24) is 10.2 Å². The van der Waals surface area contributed by atoms with Crippen molar-refractivity contribution < 1.29 is 13.2 Å². The van der Waals surface area contributed by atoms with E-state index in [0.29, 0.717) is 10.8 Å². The number of hydrogen-bond acceptors (Lipinski definition) is 3. The van der Waals surface area contributed by atoms with Gasteiger partial charge in [-0.3, -0.25) is 0 Å². The van der Waals surface area contributed by atoms with E-state index in [0.717, 1.165) is 12.0 Å². The fourth-order valence-electron chi connectivity index (χ4n) is 5.07. The van der Waals surface area contributed by atoms with Gasteiger partial charge in [-0.25, -0.2) is 13.2 Å². The zero-order chi connectivity index (χ0) is 20.2. The van der Waals surface area contributed by atoms with E-state index in [2.05, 4.69) is 26.1 Å². The molecule has 4 atom stereocenters. The first-order valence-corrected chi connectivity index (χ1v) is 11.6. The number of nitrogens with one attached hydrogen (secondary N) is 1. The van der Waals surface area contributed by atoms with Crippen LogP contribution in [0.4, 0.5) is 4.79 Å². The summed E-state index contributed by atoms with van der Waals surface area (Å²) in [6, 6.07) is 6.78. The molecule has 0 aliphatic heterocycles. The fraction of sp³-hybridized carbons (Fsp3) is 0.667. The Morgan fingerprint density at radius 2 is 1.81 bits per heavy atom. The smallest absolute Gasteiger partial charge is 0.317 e. The predicted molar refractivity (Wildman–Crippen MR) is 107 cm³/mol. The molecule has 2 amide bonds. The second-order valence-corrected chi connectivity index (χ2v) is 11.3. The SMILES string of the molecule is C[C@@H](c1ccc(S(C)(=O)=O)cc1)N(C)C(=O)N[C@@H]1C[C@H]2CC[C@@]1(C)C2(C)C. The Labute approximate surface area is 163 Å². The van der Waals surface area contributed by atoms with Crippen molar-refractivity contribution in [2.24, 2.45) is 16.7 Å². The molecule has 1 aromatic rings. The van der Waals surface area contributed by atoms with Gasteiger partial charge in [0.1, 0.15) is 0 Å². The molecule has 2 saturated carbocycles. The van der Waals surface area contributed by atoms with Crippen LogP contribution < -0.4 is 5.32 Å². The molecule has 0 spiro atoms. The van der Waals surface area contributed by atoms with Gasteiger partial charge in [0.2, 0.25) is 0 Å². The molecule has 6 heteroatoms. The summed E-state index contributed by atoms with van der Waals surface area (Å²) in [5, 5.41) is 3.28. The number of amides is 2. The van der Waals surface area contributed by atoms with Gasteiger partial charge in [-0.2, -0.15) is 0 Å². The molecule has 150 valence electrons. The molecule has 1 aromatic carbocycles. The number of urea groups is 1. The molecule has 0 saturated heterocycles. The van der Waals surface area contributed by atoms with Crippen LogP contribution in [0.25, 0.3) is 0 Å². The third-order valence-corrected chi connectivity index (χ3v) is 8.91. The van der Waals surface area contributed by atoms with Crippen molar-refractivity contribution in [3.05, 3.63) is 29.8 Å². The first-order valence-electron chi connectivity index (χ1n) is 9.71. The molecule has 5 nitrogen and oxygen atoms in total. The van der Waals surface area contributed by atoms with Crippen molar-refractivity contribution >= 4 is 15.9 Å². The fourth-order valence-corrected chi connectivity index (χ4v) is 5.70.